The van der Waals surface area contributed by atoms with Crippen molar-refractivity contribution < 1.29 is 0 Å². The highest BCUT2D eigenvalue weighted by molar-refractivity contribution is 5.86. The van der Waals surface area contributed by atoms with Crippen LogP contribution >= 0.6 is 0 Å². The first-order chi connectivity index (χ1) is 7.83. The fourth-order valence-corrected chi connectivity index (χ4v) is 1.93. The summed E-state index contributed by atoms with van der Waals surface area (Å²) < 4.78 is 0. The first-order valence-corrected chi connectivity index (χ1v) is 5.15. The van der Waals surface area contributed by atoms with Crippen molar-refractivity contribution in [1.82, 2.24) is 15.0 Å². The van der Waals surface area contributed by atoms with E-state index in [2.05, 4.69) is 15.0 Å². The lowest BCUT2D eigenvalue weighted by molar-refractivity contribution is 1.12. The smallest absolute Gasteiger partial charge is 0.0921 e. The summed E-state index contributed by atoms with van der Waals surface area (Å²) in [6.45, 7) is 0. The molecule has 0 radical (unpaired) electrons. The lowest BCUT2D eigenvalue weighted by Crippen LogP contribution is -1.87. The van der Waals surface area contributed by atoms with Crippen LogP contribution < -0.4 is 5.73 Å². The van der Waals surface area contributed by atoms with Crippen LogP contribution in [0.15, 0.2) is 36.9 Å². The van der Waals surface area contributed by atoms with Gasteiger partial charge in [0.1, 0.15) is 0 Å². The third-order valence-electron chi connectivity index (χ3n) is 2.73. The average molecular weight is 212 g/mol. The molecule has 0 aliphatic rings. The fourth-order valence-electron chi connectivity index (χ4n) is 1.93. The van der Waals surface area contributed by atoms with Crippen molar-refractivity contribution in [2.45, 2.75) is 6.42 Å². The van der Waals surface area contributed by atoms with Crippen LogP contribution in [0.2, 0.25) is 0 Å². The summed E-state index contributed by atoms with van der Waals surface area (Å²) in [5, 5.41) is 1.18. The second-order valence-electron chi connectivity index (χ2n) is 3.87. The number of hydrogen-bond donors (Lipinski definition) is 3. The lowest BCUT2D eigenvalue weighted by Gasteiger charge is -1.98. The number of imidazole rings is 1. The molecule has 4 N–H and O–H groups in total. The fraction of sp³-hybridized carbons (Fsp3) is 0.0833. The first-order valence-electron chi connectivity index (χ1n) is 5.15. The molecule has 0 saturated carbocycles. The monoisotopic (exact) mass is 212 g/mol. The Morgan fingerprint density at radius 3 is 3.00 bits per heavy atom. The van der Waals surface area contributed by atoms with Crippen molar-refractivity contribution in [3.8, 4) is 0 Å². The molecule has 2 aromatic heterocycles. The van der Waals surface area contributed by atoms with Gasteiger partial charge in [0.05, 0.1) is 6.33 Å². The zero-order valence-electron chi connectivity index (χ0n) is 8.70. The number of nitrogens with two attached hydrogens (primary N) is 1. The van der Waals surface area contributed by atoms with Gasteiger partial charge in [0.15, 0.2) is 0 Å². The van der Waals surface area contributed by atoms with Crippen molar-refractivity contribution >= 4 is 16.6 Å². The number of rotatable bonds is 2. The number of fused-ring (bicyclic) bond motifs is 1. The molecule has 80 valence electrons. The van der Waals surface area contributed by atoms with Gasteiger partial charge in [-0.3, -0.25) is 0 Å². The average Bonchev–Trinajstić information content (AvgIpc) is 2.90. The molecule has 0 bridgehead atoms. The van der Waals surface area contributed by atoms with Crippen LogP contribution in [0.4, 0.5) is 5.69 Å². The molecule has 0 spiro atoms. The Kier molecular flexibility index (Phi) is 1.93. The number of hydrogen-bond acceptors (Lipinski definition) is 2. The van der Waals surface area contributed by atoms with Crippen molar-refractivity contribution in [1.29, 1.82) is 0 Å². The minimum atomic E-state index is 0.790. The maximum absolute atomic E-state index is 5.79. The van der Waals surface area contributed by atoms with Gasteiger partial charge in [0, 0.05) is 41.1 Å². The quantitative estimate of drug-likeness (QED) is 0.569. The van der Waals surface area contributed by atoms with E-state index >= 15 is 0 Å². The molecule has 0 unspecified atom stereocenters. The maximum atomic E-state index is 5.79. The van der Waals surface area contributed by atoms with E-state index in [9.17, 15) is 0 Å². The molecule has 0 amide bonds. The molecular formula is C12H12N4. The van der Waals surface area contributed by atoms with Crippen molar-refractivity contribution in [2.75, 3.05) is 5.73 Å². The number of aromatic nitrogens is 3. The third-order valence-corrected chi connectivity index (χ3v) is 2.73. The van der Waals surface area contributed by atoms with Crippen LogP contribution in [0.5, 0.6) is 0 Å². The molecule has 0 atom stereocenters. The highest BCUT2D eigenvalue weighted by Crippen LogP contribution is 2.22. The summed E-state index contributed by atoms with van der Waals surface area (Å²) in [5.74, 6) is 0. The molecule has 0 saturated heterocycles. The topological polar surface area (TPSA) is 70.5 Å². The van der Waals surface area contributed by atoms with E-state index in [1.54, 1.807) is 6.33 Å². The molecule has 4 nitrogen and oxygen atoms in total. The summed E-state index contributed by atoms with van der Waals surface area (Å²) in [4.78, 5) is 10.3. The zero-order valence-corrected chi connectivity index (χ0v) is 8.70. The van der Waals surface area contributed by atoms with E-state index in [1.165, 1.54) is 10.9 Å². The van der Waals surface area contributed by atoms with Crippen LogP contribution in [0.1, 0.15) is 11.3 Å². The molecule has 3 aromatic rings. The van der Waals surface area contributed by atoms with E-state index in [0.717, 1.165) is 23.3 Å². The van der Waals surface area contributed by atoms with Gasteiger partial charge in [-0.15, -0.1) is 0 Å². The predicted molar refractivity (Wildman–Crippen MR) is 64.1 cm³/mol. The second kappa shape index (κ2) is 3.41. The highest BCUT2D eigenvalue weighted by Gasteiger charge is 2.05. The largest absolute Gasteiger partial charge is 0.399 e. The molecule has 4 heteroatoms. The van der Waals surface area contributed by atoms with Crippen LogP contribution in [-0.2, 0) is 6.42 Å². The molecule has 0 aliphatic carbocycles. The van der Waals surface area contributed by atoms with Crippen molar-refractivity contribution in [3.05, 3.63) is 48.2 Å². The highest BCUT2D eigenvalue weighted by atomic mass is 14.9. The van der Waals surface area contributed by atoms with Gasteiger partial charge in [-0.25, -0.2) is 4.98 Å². The lowest BCUT2D eigenvalue weighted by atomic mass is 10.1. The third kappa shape index (κ3) is 1.44. The number of nitrogen functional groups attached to an aromatic ring is 1. The number of nitrogens with one attached hydrogen (secondary N) is 2. The minimum absolute atomic E-state index is 0.790. The van der Waals surface area contributed by atoms with Gasteiger partial charge in [-0.05, 0) is 23.8 Å². The van der Waals surface area contributed by atoms with Crippen LogP contribution in [0, 0.1) is 0 Å². The van der Waals surface area contributed by atoms with Gasteiger partial charge in [0.25, 0.3) is 0 Å². The molecule has 1 aromatic carbocycles. The van der Waals surface area contributed by atoms with Gasteiger partial charge in [-0.1, -0.05) is 0 Å². The van der Waals surface area contributed by atoms with Crippen LogP contribution in [0.25, 0.3) is 10.9 Å². The first kappa shape index (κ1) is 9.03. The van der Waals surface area contributed by atoms with E-state index in [-0.39, 0.29) is 0 Å². The number of benzene rings is 1. The Morgan fingerprint density at radius 2 is 2.19 bits per heavy atom. The summed E-state index contributed by atoms with van der Waals surface area (Å²) in [7, 11) is 0. The molecule has 16 heavy (non-hydrogen) atoms. The Hall–Kier alpha value is -2.23. The van der Waals surface area contributed by atoms with E-state index in [4.69, 9.17) is 5.73 Å². The van der Waals surface area contributed by atoms with Gasteiger partial charge in [-0.2, -0.15) is 0 Å². The molecular weight excluding hydrogens is 200 g/mol. The maximum Gasteiger partial charge on any atom is 0.0921 e. The Balaban J connectivity index is 2.07. The number of aromatic amines is 2. The molecule has 3 rings (SSSR count). The normalized spacial score (nSPS) is 11.0. The van der Waals surface area contributed by atoms with E-state index in [0.29, 0.717) is 0 Å². The van der Waals surface area contributed by atoms with Crippen LogP contribution in [0.3, 0.4) is 0 Å². The van der Waals surface area contributed by atoms with Crippen molar-refractivity contribution in [3.63, 3.8) is 0 Å². The second-order valence-corrected chi connectivity index (χ2v) is 3.87. The summed E-state index contributed by atoms with van der Waals surface area (Å²) in [6.07, 6.45) is 6.39. The zero-order chi connectivity index (χ0) is 11.0. The summed E-state index contributed by atoms with van der Waals surface area (Å²) in [6, 6.07) is 5.90. The van der Waals surface area contributed by atoms with Crippen molar-refractivity contribution in [2.24, 2.45) is 0 Å². The summed E-state index contributed by atoms with van der Waals surface area (Å²) >= 11 is 0. The van der Waals surface area contributed by atoms with E-state index in [1.807, 2.05) is 30.6 Å². The SMILES string of the molecule is Nc1ccc2[nH]cc(Cc3cnc[nH]3)c2c1. The Morgan fingerprint density at radius 1 is 1.25 bits per heavy atom. The predicted octanol–water partition coefficient (Wildman–Crippen LogP) is 2.06. The standard InChI is InChI=1S/C12H12N4/c13-9-1-2-12-11(4-9)8(5-15-12)3-10-6-14-7-16-10/h1-2,4-7,15H,3,13H2,(H,14,16). The van der Waals surface area contributed by atoms with Gasteiger partial charge < -0.3 is 15.7 Å². The Labute approximate surface area is 92.5 Å². The number of anilines is 1. The Bertz CT molecular complexity index is 607. The number of nitrogens with zero attached hydrogens (tertiary/aromatic N) is 1. The van der Waals surface area contributed by atoms with E-state index < -0.39 is 0 Å². The molecule has 0 fully saturated rings. The van der Waals surface area contributed by atoms with Gasteiger partial charge >= 0.3 is 0 Å². The number of H-pyrrole nitrogens is 2. The minimum Gasteiger partial charge on any atom is -0.399 e. The van der Waals surface area contributed by atoms with Crippen LogP contribution in [-0.4, -0.2) is 15.0 Å². The van der Waals surface area contributed by atoms with Gasteiger partial charge in [0.2, 0.25) is 0 Å². The summed E-state index contributed by atoms with van der Waals surface area (Å²) in [5.41, 5.74) is 10.0. The molecule has 0 aliphatic heterocycles. The molecule has 2 heterocycles.